The molecule has 1 heterocycles. The fraction of sp³-hybridized carbons (Fsp3) is 0.857. The Morgan fingerprint density at radius 3 is 2.22 bits per heavy atom. The molecule has 2 amide bonds. The minimum absolute atomic E-state index is 0.0460. The summed E-state index contributed by atoms with van der Waals surface area (Å²) in [7, 11) is 0. The van der Waals surface area contributed by atoms with Gasteiger partial charge in [0.25, 0.3) is 0 Å². The summed E-state index contributed by atoms with van der Waals surface area (Å²) in [5.74, 6) is 0.345. The van der Waals surface area contributed by atoms with Crippen molar-refractivity contribution in [3.05, 3.63) is 0 Å². The third-order valence-electron chi connectivity index (χ3n) is 3.22. The van der Waals surface area contributed by atoms with Gasteiger partial charge in [-0.1, -0.05) is 27.7 Å². The van der Waals surface area contributed by atoms with Crippen molar-refractivity contribution in [3.8, 4) is 0 Å². The number of rotatable bonds is 3. The Morgan fingerprint density at radius 2 is 1.78 bits per heavy atom. The molecule has 0 unspecified atom stereocenters. The van der Waals surface area contributed by atoms with Gasteiger partial charge in [-0.25, -0.2) is 0 Å². The number of piperidine rings is 1. The van der Waals surface area contributed by atoms with Crippen LogP contribution in [0.2, 0.25) is 0 Å². The molecule has 18 heavy (non-hydrogen) atoms. The molecule has 104 valence electrons. The van der Waals surface area contributed by atoms with Crippen LogP contribution in [0.1, 0.15) is 53.4 Å². The van der Waals surface area contributed by atoms with E-state index in [4.69, 9.17) is 0 Å². The zero-order valence-electron chi connectivity index (χ0n) is 12.1. The number of nitrogens with zero attached hydrogens (tertiary/aromatic N) is 1. The average molecular weight is 254 g/mol. The highest BCUT2D eigenvalue weighted by molar-refractivity contribution is 5.77. The third-order valence-corrected chi connectivity index (χ3v) is 3.22. The highest BCUT2D eigenvalue weighted by atomic mass is 16.2. The number of carbonyl (C=O) groups is 2. The Kier molecular flexibility index (Phi) is 5.17. The first kappa shape index (κ1) is 15.0. The second kappa shape index (κ2) is 6.21. The van der Waals surface area contributed by atoms with Gasteiger partial charge < -0.3 is 10.2 Å². The SMILES string of the molecule is CCC(=O)NC1CCN(C(=O)CC(C)(C)C)CC1. The quantitative estimate of drug-likeness (QED) is 0.836. The van der Waals surface area contributed by atoms with E-state index >= 15 is 0 Å². The molecule has 1 fully saturated rings. The minimum Gasteiger partial charge on any atom is -0.353 e. The van der Waals surface area contributed by atoms with Crippen molar-refractivity contribution in [2.45, 2.75) is 59.4 Å². The van der Waals surface area contributed by atoms with Crippen LogP contribution in [0.25, 0.3) is 0 Å². The van der Waals surface area contributed by atoms with E-state index in [0.717, 1.165) is 25.9 Å². The molecule has 4 heteroatoms. The van der Waals surface area contributed by atoms with E-state index < -0.39 is 0 Å². The smallest absolute Gasteiger partial charge is 0.223 e. The molecule has 0 saturated carbocycles. The molecular weight excluding hydrogens is 228 g/mol. The molecule has 0 aromatic rings. The highest BCUT2D eigenvalue weighted by Crippen LogP contribution is 2.21. The minimum atomic E-state index is 0.0460. The van der Waals surface area contributed by atoms with Crippen LogP contribution < -0.4 is 5.32 Å². The largest absolute Gasteiger partial charge is 0.353 e. The Morgan fingerprint density at radius 1 is 1.22 bits per heavy atom. The second-order valence-corrected chi connectivity index (χ2v) is 6.31. The first-order valence-corrected chi connectivity index (χ1v) is 6.89. The molecule has 4 nitrogen and oxygen atoms in total. The summed E-state index contributed by atoms with van der Waals surface area (Å²) < 4.78 is 0. The Balaban J connectivity index is 2.35. The molecule has 0 bridgehead atoms. The topological polar surface area (TPSA) is 49.4 Å². The lowest BCUT2D eigenvalue weighted by atomic mass is 9.91. The number of likely N-dealkylation sites (tertiary alicyclic amines) is 1. The van der Waals surface area contributed by atoms with Crippen LogP contribution in [0.15, 0.2) is 0 Å². The van der Waals surface area contributed by atoms with Gasteiger partial charge in [0.05, 0.1) is 0 Å². The summed E-state index contributed by atoms with van der Waals surface area (Å²) >= 11 is 0. The molecular formula is C14H26N2O2. The van der Waals surface area contributed by atoms with E-state index in [1.54, 1.807) is 0 Å². The van der Waals surface area contributed by atoms with Crippen molar-refractivity contribution in [2.24, 2.45) is 5.41 Å². The van der Waals surface area contributed by atoms with Crippen molar-refractivity contribution in [1.29, 1.82) is 0 Å². The van der Waals surface area contributed by atoms with Crippen LogP contribution in [-0.4, -0.2) is 35.8 Å². The number of carbonyl (C=O) groups excluding carboxylic acids is 2. The molecule has 0 aromatic carbocycles. The first-order chi connectivity index (χ1) is 8.31. The van der Waals surface area contributed by atoms with Gasteiger partial charge in [-0.3, -0.25) is 9.59 Å². The molecule has 0 aromatic heterocycles. The maximum Gasteiger partial charge on any atom is 0.223 e. The summed E-state index contributed by atoms with van der Waals surface area (Å²) in [4.78, 5) is 25.3. The normalized spacial score (nSPS) is 17.7. The van der Waals surface area contributed by atoms with Crippen LogP contribution >= 0.6 is 0 Å². The van der Waals surface area contributed by atoms with E-state index in [-0.39, 0.29) is 23.3 Å². The predicted molar refractivity (Wildman–Crippen MR) is 72.1 cm³/mol. The lowest BCUT2D eigenvalue weighted by Crippen LogP contribution is -2.47. The van der Waals surface area contributed by atoms with Crippen LogP contribution in [0.3, 0.4) is 0 Å². The third kappa shape index (κ3) is 5.07. The summed E-state index contributed by atoms with van der Waals surface area (Å²) in [6, 6.07) is 0.246. The van der Waals surface area contributed by atoms with E-state index in [2.05, 4.69) is 26.1 Å². The Labute approximate surface area is 110 Å². The van der Waals surface area contributed by atoms with Crippen LogP contribution in [0, 0.1) is 5.41 Å². The standard InChI is InChI=1S/C14H26N2O2/c1-5-12(17)15-11-6-8-16(9-7-11)13(18)10-14(2,3)4/h11H,5-10H2,1-4H3,(H,15,17). The Hall–Kier alpha value is -1.06. The molecule has 0 spiro atoms. The first-order valence-electron chi connectivity index (χ1n) is 6.89. The molecule has 0 radical (unpaired) electrons. The van der Waals surface area contributed by atoms with Gasteiger partial charge in [0, 0.05) is 32.0 Å². The maximum absolute atomic E-state index is 12.0. The number of hydrogen-bond donors (Lipinski definition) is 1. The van der Waals surface area contributed by atoms with Gasteiger partial charge in [-0.15, -0.1) is 0 Å². The summed E-state index contributed by atoms with van der Waals surface area (Å²) in [5, 5.41) is 3.00. The van der Waals surface area contributed by atoms with Crippen molar-refractivity contribution in [1.82, 2.24) is 10.2 Å². The van der Waals surface area contributed by atoms with Gasteiger partial charge in [0.2, 0.25) is 11.8 Å². The predicted octanol–water partition coefficient (Wildman–Crippen LogP) is 1.94. The van der Waals surface area contributed by atoms with Crippen LogP contribution in [-0.2, 0) is 9.59 Å². The lowest BCUT2D eigenvalue weighted by molar-refractivity contribution is -0.134. The zero-order valence-corrected chi connectivity index (χ0v) is 12.1. The fourth-order valence-corrected chi connectivity index (χ4v) is 2.17. The van der Waals surface area contributed by atoms with E-state index in [1.165, 1.54) is 0 Å². The lowest BCUT2D eigenvalue weighted by Gasteiger charge is -2.34. The van der Waals surface area contributed by atoms with Crippen molar-refractivity contribution < 1.29 is 9.59 Å². The van der Waals surface area contributed by atoms with E-state index in [1.807, 2.05) is 11.8 Å². The number of hydrogen-bond acceptors (Lipinski definition) is 2. The molecule has 1 aliphatic rings. The molecule has 1 saturated heterocycles. The summed E-state index contributed by atoms with van der Waals surface area (Å²) in [6.45, 7) is 9.64. The summed E-state index contributed by atoms with van der Waals surface area (Å²) in [6.07, 6.45) is 2.88. The fourth-order valence-electron chi connectivity index (χ4n) is 2.17. The number of amides is 2. The zero-order chi connectivity index (χ0) is 13.8. The van der Waals surface area contributed by atoms with Gasteiger partial charge in [-0.05, 0) is 18.3 Å². The Bertz CT molecular complexity index is 299. The highest BCUT2D eigenvalue weighted by Gasteiger charge is 2.26. The molecule has 0 aliphatic carbocycles. The number of nitrogens with one attached hydrogen (secondary N) is 1. The van der Waals surface area contributed by atoms with Gasteiger partial charge >= 0.3 is 0 Å². The second-order valence-electron chi connectivity index (χ2n) is 6.31. The van der Waals surface area contributed by atoms with E-state index in [0.29, 0.717) is 12.8 Å². The molecule has 1 rings (SSSR count). The monoisotopic (exact) mass is 254 g/mol. The van der Waals surface area contributed by atoms with Crippen LogP contribution in [0.5, 0.6) is 0 Å². The van der Waals surface area contributed by atoms with E-state index in [9.17, 15) is 9.59 Å². The molecule has 1 N–H and O–H groups in total. The van der Waals surface area contributed by atoms with Crippen LogP contribution in [0.4, 0.5) is 0 Å². The van der Waals surface area contributed by atoms with Crippen molar-refractivity contribution in [2.75, 3.05) is 13.1 Å². The maximum atomic E-state index is 12.0. The summed E-state index contributed by atoms with van der Waals surface area (Å²) in [5.41, 5.74) is 0.0460. The van der Waals surface area contributed by atoms with Gasteiger partial charge in [-0.2, -0.15) is 0 Å². The molecule has 0 atom stereocenters. The molecule has 1 aliphatic heterocycles. The van der Waals surface area contributed by atoms with Crippen molar-refractivity contribution >= 4 is 11.8 Å². The van der Waals surface area contributed by atoms with Gasteiger partial charge in [0.15, 0.2) is 0 Å². The average Bonchev–Trinajstić information content (AvgIpc) is 2.27. The van der Waals surface area contributed by atoms with Gasteiger partial charge in [0.1, 0.15) is 0 Å². The van der Waals surface area contributed by atoms with Crippen molar-refractivity contribution in [3.63, 3.8) is 0 Å².